The molecule has 27 heavy (non-hydrogen) atoms. The van der Waals surface area contributed by atoms with Crippen molar-refractivity contribution in [1.82, 2.24) is 5.32 Å². The molecular formula is C21H26ClN3O2. The van der Waals surface area contributed by atoms with E-state index in [0.29, 0.717) is 29.6 Å². The van der Waals surface area contributed by atoms with Crippen molar-refractivity contribution in [2.45, 2.75) is 39.7 Å². The van der Waals surface area contributed by atoms with Crippen molar-refractivity contribution in [3.63, 3.8) is 0 Å². The molecule has 0 aliphatic rings. The van der Waals surface area contributed by atoms with E-state index in [4.69, 9.17) is 11.6 Å². The molecule has 0 saturated heterocycles. The van der Waals surface area contributed by atoms with Crippen LogP contribution in [0.1, 0.15) is 38.7 Å². The summed E-state index contributed by atoms with van der Waals surface area (Å²) in [4.78, 5) is 24.1. The van der Waals surface area contributed by atoms with Gasteiger partial charge < -0.3 is 16.0 Å². The van der Waals surface area contributed by atoms with Crippen LogP contribution in [-0.2, 0) is 11.3 Å². The molecule has 2 aromatic rings. The van der Waals surface area contributed by atoms with Crippen molar-refractivity contribution in [3.05, 3.63) is 59.1 Å². The van der Waals surface area contributed by atoms with E-state index < -0.39 is 0 Å². The molecule has 0 heterocycles. The SMILES string of the molecule is CCC[C@H](C)CC(=O)Nc1cccc(CNC(=O)Nc2ccccc2Cl)c1. The highest BCUT2D eigenvalue weighted by Crippen LogP contribution is 2.20. The maximum absolute atomic E-state index is 12.1. The summed E-state index contributed by atoms with van der Waals surface area (Å²) in [5, 5.41) is 8.89. The van der Waals surface area contributed by atoms with Gasteiger partial charge in [-0.3, -0.25) is 4.79 Å². The third kappa shape index (κ3) is 7.31. The van der Waals surface area contributed by atoms with E-state index >= 15 is 0 Å². The van der Waals surface area contributed by atoms with Crippen molar-refractivity contribution >= 4 is 34.9 Å². The summed E-state index contributed by atoms with van der Waals surface area (Å²) in [7, 11) is 0. The third-order valence-electron chi connectivity index (χ3n) is 4.10. The van der Waals surface area contributed by atoms with Gasteiger partial charge in [0.2, 0.25) is 5.91 Å². The minimum Gasteiger partial charge on any atom is -0.334 e. The highest BCUT2D eigenvalue weighted by molar-refractivity contribution is 6.33. The number of carbonyl (C=O) groups excluding carboxylic acids is 2. The molecular weight excluding hydrogens is 362 g/mol. The van der Waals surface area contributed by atoms with Gasteiger partial charge >= 0.3 is 6.03 Å². The maximum Gasteiger partial charge on any atom is 0.319 e. The van der Waals surface area contributed by atoms with E-state index in [0.717, 1.165) is 24.1 Å². The second-order valence-corrected chi connectivity index (χ2v) is 7.04. The molecule has 0 spiro atoms. The molecule has 2 rings (SSSR count). The van der Waals surface area contributed by atoms with Crippen LogP contribution >= 0.6 is 11.6 Å². The number of nitrogens with one attached hydrogen (secondary N) is 3. The lowest BCUT2D eigenvalue weighted by Crippen LogP contribution is -2.28. The summed E-state index contributed by atoms with van der Waals surface area (Å²) < 4.78 is 0. The Morgan fingerprint density at radius 2 is 1.85 bits per heavy atom. The average Bonchev–Trinajstić information content (AvgIpc) is 2.62. The van der Waals surface area contributed by atoms with Crippen LogP contribution in [0.4, 0.5) is 16.2 Å². The Morgan fingerprint density at radius 1 is 1.07 bits per heavy atom. The molecule has 2 aromatic carbocycles. The Kier molecular flexibility index (Phi) is 8.14. The fourth-order valence-corrected chi connectivity index (χ4v) is 2.98. The minimum atomic E-state index is -0.342. The Hall–Kier alpha value is -2.53. The molecule has 0 saturated carbocycles. The first kappa shape index (κ1) is 20.8. The molecule has 0 fully saturated rings. The van der Waals surface area contributed by atoms with Gasteiger partial charge in [-0.05, 0) is 35.7 Å². The topological polar surface area (TPSA) is 70.2 Å². The molecule has 1 atom stereocenters. The number of para-hydroxylation sites is 1. The second kappa shape index (κ2) is 10.6. The Balaban J connectivity index is 1.85. The van der Waals surface area contributed by atoms with Crippen molar-refractivity contribution in [2.24, 2.45) is 5.92 Å². The van der Waals surface area contributed by atoms with E-state index in [1.165, 1.54) is 0 Å². The van der Waals surface area contributed by atoms with E-state index in [2.05, 4.69) is 29.8 Å². The second-order valence-electron chi connectivity index (χ2n) is 6.63. The van der Waals surface area contributed by atoms with Gasteiger partial charge in [-0.1, -0.05) is 62.6 Å². The molecule has 0 aliphatic carbocycles. The van der Waals surface area contributed by atoms with Gasteiger partial charge in [0.25, 0.3) is 0 Å². The Labute approximate surface area is 165 Å². The molecule has 0 aliphatic heterocycles. The number of urea groups is 1. The van der Waals surface area contributed by atoms with E-state index in [-0.39, 0.29) is 11.9 Å². The van der Waals surface area contributed by atoms with E-state index in [1.54, 1.807) is 24.3 Å². The highest BCUT2D eigenvalue weighted by Gasteiger charge is 2.09. The van der Waals surface area contributed by atoms with Crippen LogP contribution in [0.25, 0.3) is 0 Å². The largest absolute Gasteiger partial charge is 0.334 e. The number of carbonyl (C=O) groups is 2. The number of anilines is 2. The zero-order valence-corrected chi connectivity index (χ0v) is 16.5. The number of hydrogen-bond acceptors (Lipinski definition) is 2. The summed E-state index contributed by atoms with van der Waals surface area (Å²) in [6.07, 6.45) is 2.63. The lowest BCUT2D eigenvalue weighted by Gasteiger charge is -2.12. The molecule has 0 unspecified atom stereocenters. The molecule has 0 aromatic heterocycles. The normalized spacial score (nSPS) is 11.5. The quantitative estimate of drug-likeness (QED) is 0.565. The predicted octanol–water partition coefficient (Wildman–Crippen LogP) is 5.43. The number of halogens is 1. The summed E-state index contributed by atoms with van der Waals surface area (Å²) in [6.45, 7) is 4.54. The van der Waals surface area contributed by atoms with Crippen LogP contribution < -0.4 is 16.0 Å². The zero-order chi connectivity index (χ0) is 19.6. The first-order valence-electron chi connectivity index (χ1n) is 9.16. The van der Waals surface area contributed by atoms with Crippen molar-refractivity contribution in [2.75, 3.05) is 10.6 Å². The van der Waals surface area contributed by atoms with Crippen LogP contribution in [0.3, 0.4) is 0 Å². The summed E-state index contributed by atoms with van der Waals surface area (Å²) in [5.74, 6) is 0.380. The van der Waals surface area contributed by atoms with Gasteiger partial charge in [0.15, 0.2) is 0 Å². The summed E-state index contributed by atoms with van der Waals surface area (Å²) >= 11 is 6.03. The molecule has 3 amide bonds. The van der Waals surface area contributed by atoms with Crippen molar-refractivity contribution in [1.29, 1.82) is 0 Å². The van der Waals surface area contributed by atoms with Gasteiger partial charge in [0.1, 0.15) is 0 Å². The van der Waals surface area contributed by atoms with Gasteiger partial charge in [0, 0.05) is 18.7 Å². The number of benzene rings is 2. The lowest BCUT2D eigenvalue weighted by molar-refractivity contribution is -0.117. The Bertz CT molecular complexity index is 780. The average molecular weight is 388 g/mol. The zero-order valence-electron chi connectivity index (χ0n) is 15.7. The maximum atomic E-state index is 12.1. The highest BCUT2D eigenvalue weighted by atomic mass is 35.5. The van der Waals surface area contributed by atoms with Crippen LogP contribution in [-0.4, -0.2) is 11.9 Å². The van der Waals surface area contributed by atoms with Crippen LogP contribution in [0.15, 0.2) is 48.5 Å². The summed E-state index contributed by atoms with van der Waals surface area (Å²) in [6, 6.07) is 14.2. The van der Waals surface area contributed by atoms with E-state index in [1.807, 2.05) is 24.3 Å². The first-order valence-corrected chi connectivity index (χ1v) is 9.54. The van der Waals surface area contributed by atoms with Gasteiger partial charge in [0.05, 0.1) is 10.7 Å². The number of hydrogen-bond donors (Lipinski definition) is 3. The van der Waals surface area contributed by atoms with Gasteiger partial charge in [-0.15, -0.1) is 0 Å². The fourth-order valence-electron chi connectivity index (χ4n) is 2.79. The number of amides is 3. The smallest absolute Gasteiger partial charge is 0.319 e. The van der Waals surface area contributed by atoms with Gasteiger partial charge in [-0.2, -0.15) is 0 Å². The van der Waals surface area contributed by atoms with Crippen molar-refractivity contribution < 1.29 is 9.59 Å². The third-order valence-corrected chi connectivity index (χ3v) is 4.43. The van der Waals surface area contributed by atoms with Crippen LogP contribution in [0.2, 0.25) is 5.02 Å². The fraction of sp³-hybridized carbons (Fsp3) is 0.333. The van der Waals surface area contributed by atoms with Gasteiger partial charge in [-0.25, -0.2) is 4.79 Å². The monoisotopic (exact) mass is 387 g/mol. The van der Waals surface area contributed by atoms with E-state index in [9.17, 15) is 9.59 Å². The van der Waals surface area contributed by atoms with Crippen molar-refractivity contribution in [3.8, 4) is 0 Å². The molecule has 6 heteroatoms. The molecule has 5 nitrogen and oxygen atoms in total. The predicted molar refractivity (Wildman–Crippen MR) is 111 cm³/mol. The number of rotatable bonds is 8. The molecule has 144 valence electrons. The molecule has 3 N–H and O–H groups in total. The van der Waals surface area contributed by atoms with Crippen LogP contribution in [0, 0.1) is 5.92 Å². The molecule has 0 bridgehead atoms. The lowest BCUT2D eigenvalue weighted by atomic mass is 10.0. The Morgan fingerprint density at radius 3 is 2.59 bits per heavy atom. The molecule has 0 radical (unpaired) electrons. The standard InChI is InChI=1S/C21H26ClN3O2/c1-3-7-15(2)12-20(26)24-17-9-6-8-16(13-17)14-23-21(27)25-19-11-5-4-10-18(19)22/h4-6,8-11,13,15H,3,7,12,14H2,1-2H3,(H,24,26)(H2,23,25,27)/t15-/m0/s1. The first-order chi connectivity index (χ1) is 13.0. The summed E-state index contributed by atoms with van der Waals surface area (Å²) in [5.41, 5.74) is 2.18. The van der Waals surface area contributed by atoms with Crippen LogP contribution in [0.5, 0.6) is 0 Å². The minimum absolute atomic E-state index is 0.0116.